The standard InChI is InChI=1S/C8H8BrFN2/c9-5-3-6(10)7(12-4-5)8(11)1-2-8/h3-4H,1-2,11H2. The van der Waals surface area contributed by atoms with E-state index in [1.807, 2.05) is 0 Å². The summed E-state index contributed by atoms with van der Waals surface area (Å²) in [5.41, 5.74) is 5.71. The number of rotatable bonds is 1. The number of pyridine rings is 1. The Kier molecular flexibility index (Phi) is 1.70. The molecule has 0 spiro atoms. The molecule has 1 fully saturated rings. The van der Waals surface area contributed by atoms with Gasteiger partial charge in [0.1, 0.15) is 5.82 Å². The van der Waals surface area contributed by atoms with Crippen LogP contribution in [0.5, 0.6) is 0 Å². The van der Waals surface area contributed by atoms with Crippen LogP contribution < -0.4 is 5.73 Å². The fourth-order valence-electron chi connectivity index (χ4n) is 1.15. The van der Waals surface area contributed by atoms with Crippen molar-refractivity contribution < 1.29 is 4.39 Å². The molecule has 0 saturated heterocycles. The molecule has 0 amide bonds. The summed E-state index contributed by atoms with van der Waals surface area (Å²) in [5, 5.41) is 0. The van der Waals surface area contributed by atoms with Crippen molar-refractivity contribution in [2.24, 2.45) is 5.73 Å². The van der Waals surface area contributed by atoms with Gasteiger partial charge >= 0.3 is 0 Å². The number of hydrogen-bond acceptors (Lipinski definition) is 2. The van der Waals surface area contributed by atoms with Gasteiger partial charge in [-0.05, 0) is 34.8 Å². The van der Waals surface area contributed by atoms with Crippen molar-refractivity contribution >= 4 is 15.9 Å². The molecule has 0 atom stereocenters. The molecule has 0 aromatic carbocycles. The van der Waals surface area contributed by atoms with Crippen molar-refractivity contribution in [3.8, 4) is 0 Å². The first kappa shape index (κ1) is 8.13. The minimum Gasteiger partial charge on any atom is -0.320 e. The Labute approximate surface area is 78.1 Å². The Balaban J connectivity index is 2.45. The second kappa shape index (κ2) is 2.50. The molecule has 2 rings (SSSR count). The number of nitrogens with two attached hydrogens (primary N) is 1. The first-order valence-electron chi connectivity index (χ1n) is 3.72. The van der Waals surface area contributed by atoms with Crippen LogP contribution in [0.4, 0.5) is 4.39 Å². The van der Waals surface area contributed by atoms with E-state index in [4.69, 9.17) is 5.73 Å². The molecule has 1 aliphatic rings. The van der Waals surface area contributed by atoms with E-state index in [0.29, 0.717) is 10.2 Å². The van der Waals surface area contributed by atoms with E-state index in [1.54, 1.807) is 6.20 Å². The van der Waals surface area contributed by atoms with Crippen LogP contribution in [0.3, 0.4) is 0 Å². The number of halogens is 2. The molecule has 0 radical (unpaired) electrons. The van der Waals surface area contributed by atoms with Crippen molar-refractivity contribution in [1.29, 1.82) is 0 Å². The van der Waals surface area contributed by atoms with Crippen LogP contribution >= 0.6 is 15.9 Å². The highest BCUT2D eigenvalue weighted by atomic mass is 79.9. The third-order valence-electron chi connectivity index (χ3n) is 2.07. The molecule has 4 heteroatoms. The molecule has 1 aliphatic carbocycles. The lowest BCUT2D eigenvalue weighted by atomic mass is 10.2. The summed E-state index contributed by atoms with van der Waals surface area (Å²) in [7, 11) is 0. The minimum absolute atomic E-state index is 0.315. The zero-order valence-corrected chi connectivity index (χ0v) is 7.94. The van der Waals surface area contributed by atoms with Gasteiger partial charge in [0, 0.05) is 10.7 Å². The van der Waals surface area contributed by atoms with Gasteiger partial charge in [-0.15, -0.1) is 0 Å². The minimum atomic E-state index is -0.481. The molecule has 0 unspecified atom stereocenters. The highest BCUT2D eigenvalue weighted by Gasteiger charge is 2.43. The topological polar surface area (TPSA) is 38.9 Å². The molecule has 1 heterocycles. The lowest BCUT2D eigenvalue weighted by Crippen LogP contribution is -2.21. The lowest BCUT2D eigenvalue weighted by molar-refractivity contribution is 0.559. The first-order chi connectivity index (χ1) is 5.62. The Morgan fingerprint density at radius 3 is 2.75 bits per heavy atom. The van der Waals surface area contributed by atoms with Gasteiger partial charge in [-0.25, -0.2) is 4.39 Å². The van der Waals surface area contributed by atoms with Gasteiger partial charge in [-0.3, -0.25) is 4.98 Å². The van der Waals surface area contributed by atoms with Gasteiger partial charge in [-0.2, -0.15) is 0 Å². The Morgan fingerprint density at radius 2 is 2.25 bits per heavy atom. The molecule has 64 valence electrons. The van der Waals surface area contributed by atoms with E-state index >= 15 is 0 Å². The zero-order chi connectivity index (χ0) is 8.77. The van der Waals surface area contributed by atoms with Crippen LogP contribution in [0.1, 0.15) is 18.5 Å². The second-order valence-electron chi connectivity index (χ2n) is 3.14. The molecule has 1 aromatic heterocycles. The van der Waals surface area contributed by atoms with E-state index in [2.05, 4.69) is 20.9 Å². The molecule has 1 saturated carbocycles. The van der Waals surface area contributed by atoms with E-state index < -0.39 is 5.54 Å². The van der Waals surface area contributed by atoms with Crippen LogP contribution in [0, 0.1) is 5.82 Å². The van der Waals surface area contributed by atoms with Gasteiger partial charge in [-0.1, -0.05) is 0 Å². The third kappa shape index (κ3) is 1.25. The van der Waals surface area contributed by atoms with E-state index in [9.17, 15) is 4.39 Å². The summed E-state index contributed by atoms with van der Waals surface area (Å²) in [6.07, 6.45) is 3.24. The normalized spacial score (nSPS) is 19.2. The van der Waals surface area contributed by atoms with Crippen LogP contribution in [0.15, 0.2) is 16.7 Å². The third-order valence-corrected chi connectivity index (χ3v) is 2.50. The summed E-state index contributed by atoms with van der Waals surface area (Å²) in [6.45, 7) is 0. The number of aromatic nitrogens is 1. The van der Waals surface area contributed by atoms with E-state index in [1.165, 1.54) is 6.07 Å². The Hall–Kier alpha value is -0.480. The quantitative estimate of drug-likeness (QED) is 0.801. The summed E-state index contributed by atoms with van der Waals surface area (Å²) in [6, 6.07) is 1.40. The molecule has 0 bridgehead atoms. The van der Waals surface area contributed by atoms with Crippen LogP contribution in [0.25, 0.3) is 0 Å². The van der Waals surface area contributed by atoms with Gasteiger partial charge in [0.15, 0.2) is 0 Å². The fraction of sp³-hybridized carbons (Fsp3) is 0.375. The maximum absolute atomic E-state index is 13.2. The smallest absolute Gasteiger partial charge is 0.147 e. The summed E-state index contributed by atoms with van der Waals surface area (Å²) in [5.74, 6) is -0.315. The average Bonchev–Trinajstić information content (AvgIpc) is 2.68. The maximum Gasteiger partial charge on any atom is 0.147 e. The van der Waals surface area contributed by atoms with Crippen molar-refractivity contribution in [3.05, 3.63) is 28.2 Å². The maximum atomic E-state index is 13.2. The number of hydrogen-bond donors (Lipinski definition) is 1. The molecular formula is C8H8BrFN2. The predicted molar refractivity (Wildman–Crippen MR) is 47.0 cm³/mol. The highest BCUT2D eigenvalue weighted by molar-refractivity contribution is 9.10. The summed E-state index contributed by atoms with van der Waals surface area (Å²) < 4.78 is 13.9. The van der Waals surface area contributed by atoms with Gasteiger partial charge in [0.05, 0.1) is 11.2 Å². The Morgan fingerprint density at radius 1 is 1.58 bits per heavy atom. The Bertz CT molecular complexity index is 323. The van der Waals surface area contributed by atoms with Gasteiger partial charge in [0.25, 0.3) is 0 Å². The fourth-order valence-corrected chi connectivity index (χ4v) is 1.46. The lowest BCUT2D eigenvalue weighted by Gasteiger charge is -2.08. The SMILES string of the molecule is NC1(c2ncc(Br)cc2F)CC1. The number of nitrogens with zero attached hydrogens (tertiary/aromatic N) is 1. The van der Waals surface area contributed by atoms with Crippen molar-refractivity contribution in [2.75, 3.05) is 0 Å². The first-order valence-corrected chi connectivity index (χ1v) is 4.51. The molecule has 2 N–H and O–H groups in total. The summed E-state index contributed by atoms with van der Waals surface area (Å²) >= 11 is 3.14. The monoisotopic (exact) mass is 230 g/mol. The predicted octanol–water partition coefficient (Wildman–Crippen LogP) is 1.93. The van der Waals surface area contributed by atoms with Crippen molar-refractivity contribution in [2.45, 2.75) is 18.4 Å². The molecule has 2 nitrogen and oxygen atoms in total. The van der Waals surface area contributed by atoms with Crippen molar-refractivity contribution in [3.63, 3.8) is 0 Å². The molecule has 12 heavy (non-hydrogen) atoms. The van der Waals surface area contributed by atoms with Gasteiger partial charge < -0.3 is 5.73 Å². The van der Waals surface area contributed by atoms with Gasteiger partial charge in [0.2, 0.25) is 0 Å². The molecular weight excluding hydrogens is 223 g/mol. The van der Waals surface area contributed by atoms with Crippen LogP contribution in [0.2, 0.25) is 0 Å². The molecule has 1 aromatic rings. The van der Waals surface area contributed by atoms with Crippen LogP contribution in [-0.4, -0.2) is 4.98 Å². The largest absolute Gasteiger partial charge is 0.320 e. The summed E-state index contributed by atoms with van der Waals surface area (Å²) in [4.78, 5) is 3.96. The van der Waals surface area contributed by atoms with Crippen molar-refractivity contribution in [1.82, 2.24) is 4.98 Å². The highest BCUT2D eigenvalue weighted by Crippen LogP contribution is 2.42. The average molecular weight is 231 g/mol. The van der Waals surface area contributed by atoms with Crippen LogP contribution in [-0.2, 0) is 5.54 Å². The molecule has 0 aliphatic heterocycles. The zero-order valence-electron chi connectivity index (χ0n) is 6.35. The van der Waals surface area contributed by atoms with E-state index in [0.717, 1.165) is 12.8 Å². The second-order valence-corrected chi connectivity index (χ2v) is 4.06. The van der Waals surface area contributed by atoms with E-state index in [-0.39, 0.29) is 5.82 Å².